The van der Waals surface area contributed by atoms with Crippen molar-refractivity contribution in [2.75, 3.05) is 30.9 Å². The predicted molar refractivity (Wildman–Crippen MR) is 137 cm³/mol. The standard InChI is InChI=1S/C27H29N5O/c1-19-9-4-6-13-24(19)30-27(31-26(33)20-10-8-11-22(17-20)32(2)3)28-16-15-21-18-29-25-14-7-5-12-23(21)25/h4-14,17-18,29H,15-16H2,1-3H3,(H2,28,30,31,33). The van der Waals surface area contributed by atoms with E-state index in [9.17, 15) is 4.79 Å². The highest BCUT2D eigenvalue weighted by molar-refractivity contribution is 6.10. The number of para-hydroxylation sites is 2. The van der Waals surface area contributed by atoms with Gasteiger partial charge in [0, 0.05) is 54.7 Å². The SMILES string of the molecule is Cc1ccccc1NC(=NCCc1c[nH]c2ccccc12)NC(=O)c1cccc(N(C)C)c1. The Morgan fingerprint density at radius 3 is 2.61 bits per heavy atom. The quantitative estimate of drug-likeness (QED) is 0.293. The van der Waals surface area contributed by atoms with Crippen LogP contribution in [0.1, 0.15) is 21.5 Å². The molecule has 3 aromatic carbocycles. The van der Waals surface area contributed by atoms with E-state index in [2.05, 4.69) is 27.8 Å². The molecule has 6 heteroatoms. The van der Waals surface area contributed by atoms with Crippen LogP contribution in [0.25, 0.3) is 10.9 Å². The summed E-state index contributed by atoms with van der Waals surface area (Å²) >= 11 is 0. The summed E-state index contributed by atoms with van der Waals surface area (Å²) in [6, 6.07) is 23.7. The second kappa shape index (κ2) is 10.0. The van der Waals surface area contributed by atoms with Crippen LogP contribution in [0.4, 0.5) is 11.4 Å². The Hall–Kier alpha value is -4.06. The first kappa shape index (κ1) is 22.1. The van der Waals surface area contributed by atoms with Crippen LogP contribution < -0.4 is 15.5 Å². The third-order valence-electron chi connectivity index (χ3n) is 5.58. The van der Waals surface area contributed by atoms with Crippen molar-refractivity contribution < 1.29 is 4.79 Å². The van der Waals surface area contributed by atoms with Crippen LogP contribution in [0.5, 0.6) is 0 Å². The smallest absolute Gasteiger partial charge is 0.258 e. The highest BCUT2D eigenvalue weighted by Crippen LogP contribution is 2.18. The van der Waals surface area contributed by atoms with Gasteiger partial charge < -0.3 is 15.2 Å². The van der Waals surface area contributed by atoms with Crippen molar-refractivity contribution in [1.82, 2.24) is 10.3 Å². The lowest BCUT2D eigenvalue weighted by atomic mass is 10.1. The highest BCUT2D eigenvalue weighted by atomic mass is 16.1. The molecule has 0 saturated heterocycles. The van der Waals surface area contributed by atoms with Gasteiger partial charge in [0.2, 0.25) is 5.96 Å². The second-order valence-corrected chi connectivity index (χ2v) is 8.18. The summed E-state index contributed by atoms with van der Waals surface area (Å²) < 4.78 is 0. The fourth-order valence-electron chi connectivity index (χ4n) is 3.68. The highest BCUT2D eigenvalue weighted by Gasteiger charge is 2.12. The van der Waals surface area contributed by atoms with Crippen molar-refractivity contribution >= 4 is 34.1 Å². The zero-order valence-electron chi connectivity index (χ0n) is 19.2. The van der Waals surface area contributed by atoms with Gasteiger partial charge in [-0.05, 0) is 54.8 Å². The molecule has 0 spiro atoms. The van der Waals surface area contributed by atoms with Crippen molar-refractivity contribution in [3.05, 3.63) is 95.7 Å². The maximum atomic E-state index is 13.0. The van der Waals surface area contributed by atoms with Crippen LogP contribution in [0.3, 0.4) is 0 Å². The second-order valence-electron chi connectivity index (χ2n) is 8.18. The topological polar surface area (TPSA) is 72.5 Å². The lowest BCUT2D eigenvalue weighted by Crippen LogP contribution is -2.36. The van der Waals surface area contributed by atoms with E-state index in [4.69, 9.17) is 4.99 Å². The Bertz CT molecular complexity index is 1290. The summed E-state index contributed by atoms with van der Waals surface area (Å²) in [5, 5.41) is 7.47. The molecule has 168 valence electrons. The van der Waals surface area contributed by atoms with Gasteiger partial charge in [-0.3, -0.25) is 15.1 Å². The number of aromatic amines is 1. The number of aryl methyl sites for hydroxylation is 1. The average Bonchev–Trinajstić information content (AvgIpc) is 3.23. The van der Waals surface area contributed by atoms with Crippen molar-refractivity contribution in [1.29, 1.82) is 0 Å². The Morgan fingerprint density at radius 1 is 1.00 bits per heavy atom. The number of nitrogens with one attached hydrogen (secondary N) is 3. The van der Waals surface area contributed by atoms with E-state index in [1.54, 1.807) is 6.07 Å². The number of carbonyl (C=O) groups excluding carboxylic acids is 1. The minimum absolute atomic E-state index is 0.203. The fourth-order valence-corrected chi connectivity index (χ4v) is 3.68. The number of rotatable bonds is 6. The van der Waals surface area contributed by atoms with Gasteiger partial charge in [-0.2, -0.15) is 0 Å². The summed E-state index contributed by atoms with van der Waals surface area (Å²) in [5.74, 6) is 0.232. The van der Waals surface area contributed by atoms with E-state index < -0.39 is 0 Å². The van der Waals surface area contributed by atoms with Crippen molar-refractivity contribution in [3.8, 4) is 0 Å². The fraction of sp³-hybridized carbons (Fsp3) is 0.185. The van der Waals surface area contributed by atoms with Crippen LogP contribution in [-0.4, -0.2) is 37.5 Å². The molecule has 1 heterocycles. The number of guanidine groups is 1. The van der Waals surface area contributed by atoms with E-state index in [0.29, 0.717) is 18.1 Å². The molecule has 0 aliphatic heterocycles. The normalized spacial score (nSPS) is 11.4. The lowest BCUT2D eigenvalue weighted by Gasteiger charge is -2.15. The van der Waals surface area contributed by atoms with Gasteiger partial charge in [-0.1, -0.05) is 42.5 Å². The van der Waals surface area contributed by atoms with E-state index >= 15 is 0 Å². The molecule has 0 radical (unpaired) electrons. The number of aliphatic imine (C=N–C) groups is 1. The predicted octanol–water partition coefficient (Wildman–Crippen LogP) is 4.98. The Balaban J connectivity index is 1.54. The Labute approximate surface area is 194 Å². The van der Waals surface area contributed by atoms with Gasteiger partial charge >= 0.3 is 0 Å². The zero-order chi connectivity index (χ0) is 23.2. The molecule has 33 heavy (non-hydrogen) atoms. The molecule has 0 bridgehead atoms. The molecule has 0 saturated carbocycles. The number of anilines is 2. The molecule has 6 nitrogen and oxygen atoms in total. The Kier molecular flexibility index (Phi) is 6.74. The number of hydrogen-bond donors (Lipinski definition) is 3. The van der Waals surface area contributed by atoms with Crippen LogP contribution >= 0.6 is 0 Å². The number of H-pyrrole nitrogens is 1. The summed E-state index contributed by atoms with van der Waals surface area (Å²) in [6.07, 6.45) is 2.79. The summed E-state index contributed by atoms with van der Waals surface area (Å²) in [7, 11) is 3.91. The molecule has 3 N–H and O–H groups in total. The number of hydrogen-bond acceptors (Lipinski definition) is 3. The minimum Gasteiger partial charge on any atom is -0.378 e. The molecule has 4 rings (SSSR count). The van der Waals surface area contributed by atoms with E-state index in [1.165, 1.54) is 10.9 Å². The monoisotopic (exact) mass is 439 g/mol. The third kappa shape index (κ3) is 5.41. The van der Waals surface area contributed by atoms with Gasteiger partial charge in [0.25, 0.3) is 5.91 Å². The van der Waals surface area contributed by atoms with Gasteiger partial charge in [0.15, 0.2) is 0 Å². The van der Waals surface area contributed by atoms with Crippen molar-refractivity contribution in [3.63, 3.8) is 0 Å². The number of benzene rings is 3. The van der Waals surface area contributed by atoms with E-state index in [-0.39, 0.29) is 5.91 Å². The van der Waals surface area contributed by atoms with Gasteiger partial charge in [0.1, 0.15) is 0 Å². The first-order chi connectivity index (χ1) is 16.0. The molecule has 0 aliphatic carbocycles. The van der Waals surface area contributed by atoms with Gasteiger partial charge in [0.05, 0.1) is 0 Å². The lowest BCUT2D eigenvalue weighted by molar-refractivity contribution is 0.0977. The molecule has 0 unspecified atom stereocenters. The van der Waals surface area contributed by atoms with Crippen molar-refractivity contribution in [2.24, 2.45) is 4.99 Å². The number of fused-ring (bicyclic) bond motifs is 1. The van der Waals surface area contributed by atoms with Gasteiger partial charge in [-0.15, -0.1) is 0 Å². The molecule has 0 aliphatic rings. The molecule has 0 atom stereocenters. The molecule has 1 aromatic heterocycles. The molecular formula is C27H29N5O. The summed E-state index contributed by atoms with van der Waals surface area (Å²) in [4.78, 5) is 23.0. The third-order valence-corrected chi connectivity index (χ3v) is 5.58. The molecular weight excluding hydrogens is 410 g/mol. The number of aromatic nitrogens is 1. The van der Waals surface area contributed by atoms with E-state index in [1.807, 2.05) is 86.7 Å². The van der Waals surface area contributed by atoms with Crippen LogP contribution in [0.2, 0.25) is 0 Å². The largest absolute Gasteiger partial charge is 0.378 e. The van der Waals surface area contributed by atoms with Crippen LogP contribution in [0.15, 0.2) is 84.0 Å². The van der Waals surface area contributed by atoms with Crippen LogP contribution in [0, 0.1) is 6.92 Å². The van der Waals surface area contributed by atoms with Crippen molar-refractivity contribution in [2.45, 2.75) is 13.3 Å². The van der Waals surface area contributed by atoms with Crippen LogP contribution in [-0.2, 0) is 6.42 Å². The van der Waals surface area contributed by atoms with E-state index in [0.717, 1.165) is 28.9 Å². The Morgan fingerprint density at radius 2 is 1.79 bits per heavy atom. The maximum absolute atomic E-state index is 13.0. The first-order valence-corrected chi connectivity index (χ1v) is 11.0. The number of nitrogens with zero attached hydrogens (tertiary/aromatic N) is 2. The maximum Gasteiger partial charge on any atom is 0.258 e. The number of carbonyl (C=O) groups is 1. The number of amides is 1. The summed E-state index contributed by atoms with van der Waals surface area (Å²) in [5.41, 5.74) is 5.85. The molecule has 1 amide bonds. The molecule has 4 aromatic rings. The average molecular weight is 440 g/mol. The minimum atomic E-state index is -0.203. The molecule has 0 fully saturated rings. The summed E-state index contributed by atoms with van der Waals surface area (Å²) in [6.45, 7) is 2.56. The zero-order valence-corrected chi connectivity index (χ0v) is 19.2. The first-order valence-electron chi connectivity index (χ1n) is 11.0. The van der Waals surface area contributed by atoms with Gasteiger partial charge in [-0.25, -0.2) is 0 Å².